The monoisotopic (exact) mass is 781 g/mol. The normalized spacial score (nSPS) is 20.0. The van der Waals surface area contributed by atoms with Gasteiger partial charge in [0.15, 0.2) is 5.72 Å². The number of halogens is 3. The smallest absolute Gasteiger partial charge is 0.324 e. The second-order valence-electron chi connectivity index (χ2n) is 14.3. The molecule has 1 amide bonds. The van der Waals surface area contributed by atoms with Crippen molar-refractivity contribution in [2.24, 2.45) is 5.92 Å². The number of hydrogen-bond donors (Lipinski definition) is 1. The quantitative estimate of drug-likeness (QED) is 0.106. The topological polar surface area (TPSA) is 85.3 Å². The van der Waals surface area contributed by atoms with E-state index in [0.717, 1.165) is 0 Å². The van der Waals surface area contributed by atoms with Crippen LogP contribution in [0.4, 0.5) is 4.39 Å². The summed E-state index contributed by atoms with van der Waals surface area (Å²) in [6.45, 7) is 4.50. The maximum Gasteiger partial charge on any atom is 0.324 e. The Morgan fingerprint density at radius 1 is 0.909 bits per heavy atom. The number of amides is 1. The van der Waals surface area contributed by atoms with Gasteiger partial charge in [0.25, 0.3) is 5.91 Å². The fourth-order valence-corrected chi connectivity index (χ4v) is 8.75. The minimum Gasteiger partial charge on any atom is -0.426 e. The molecule has 5 aromatic rings. The molecule has 55 heavy (non-hydrogen) atoms. The van der Waals surface area contributed by atoms with Crippen LogP contribution in [0.2, 0.25) is 10.0 Å². The molecule has 0 aromatic heterocycles. The Kier molecular flexibility index (Phi) is 10.9. The van der Waals surface area contributed by atoms with Crippen molar-refractivity contribution < 1.29 is 33.3 Å². The van der Waals surface area contributed by atoms with E-state index >= 15 is 14.0 Å². The lowest BCUT2D eigenvalue weighted by Crippen LogP contribution is -2.56. The zero-order valence-electron chi connectivity index (χ0n) is 30.8. The SMILES string of the molecule is CC[C@@](O)(c1cc(F)c2c(c1)C(=O)N([C@@H](c1ccc(Cl)cc1)[C@@](C)(C(=O)Oc1ccccc1)c1ccccc1)[C@@]2(OC)c1ccc(Cl)cc1)C1CCOCC1. The zero-order valence-corrected chi connectivity index (χ0v) is 32.3. The maximum atomic E-state index is 17.4. The van der Waals surface area contributed by atoms with Gasteiger partial charge in [-0.1, -0.05) is 103 Å². The van der Waals surface area contributed by atoms with E-state index in [1.54, 1.807) is 110 Å². The van der Waals surface area contributed by atoms with E-state index in [9.17, 15) is 5.11 Å². The van der Waals surface area contributed by atoms with E-state index in [4.69, 9.17) is 37.4 Å². The molecule has 7 nitrogen and oxygen atoms in total. The first-order valence-electron chi connectivity index (χ1n) is 18.4. The molecule has 2 aliphatic rings. The summed E-state index contributed by atoms with van der Waals surface area (Å²) in [5.74, 6) is -1.96. The molecule has 0 radical (unpaired) electrons. The predicted molar refractivity (Wildman–Crippen MR) is 210 cm³/mol. The Labute approximate surface area is 330 Å². The summed E-state index contributed by atoms with van der Waals surface area (Å²) >= 11 is 12.8. The Balaban J connectivity index is 1.53. The predicted octanol–water partition coefficient (Wildman–Crippen LogP) is 9.76. The summed E-state index contributed by atoms with van der Waals surface area (Å²) in [5, 5.41) is 13.1. The molecule has 0 aliphatic carbocycles. The van der Waals surface area contributed by atoms with Crippen LogP contribution in [0.25, 0.3) is 0 Å². The molecule has 1 saturated heterocycles. The third-order valence-electron chi connectivity index (χ3n) is 11.4. The highest BCUT2D eigenvalue weighted by atomic mass is 35.5. The molecule has 0 unspecified atom stereocenters. The van der Waals surface area contributed by atoms with Crippen molar-refractivity contribution in [3.05, 3.63) is 171 Å². The van der Waals surface area contributed by atoms with Crippen molar-refractivity contribution in [1.29, 1.82) is 0 Å². The lowest BCUT2D eigenvalue weighted by molar-refractivity contribution is -0.150. The van der Waals surface area contributed by atoms with Crippen LogP contribution in [0, 0.1) is 11.7 Å². The average Bonchev–Trinajstić information content (AvgIpc) is 3.47. The number of rotatable bonds is 11. The second kappa shape index (κ2) is 15.5. The molecule has 1 N–H and O–H groups in total. The lowest BCUT2D eigenvalue weighted by atomic mass is 9.71. The largest absolute Gasteiger partial charge is 0.426 e. The van der Waals surface area contributed by atoms with Gasteiger partial charge < -0.3 is 19.3 Å². The summed E-state index contributed by atoms with van der Waals surface area (Å²) in [4.78, 5) is 32.1. The number of esters is 1. The number of benzene rings is 5. The van der Waals surface area contributed by atoms with E-state index in [0.29, 0.717) is 58.5 Å². The van der Waals surface area contributed by atoms with Crippen LogP contribution in [0.5, 0.6) is 5.75 Å². The maximum absolute atomic E-state index is 17.4. The van der Waals surface area contributed by atoms with Gasteiger partial charge in [0.05, 0.1) is 22.8 Å². The molecule has 284 valence electrons. The Hall–Kier alpha value is -4.57. The molecule has 0 saturated carbocycles. The van der Waals surface area contributed by atoms with Crippen molar-refractivity contribution in [3.63, 3.8) is 0 Å². The van der Waals surface area contributed by atoms with Crippen molar-refractivity contribution in [2.45, 2.75) is 55.9 Å². The molecule has 7 rings (SSSR count). The van der Waals surface area contributed by atoms with Crippen molar-refractivity contribution in [2.75, 3.05) is 20.3 Å². The number of fused-ring (bicyclic) bond motifs is 1. The molecule has 5 aromatic carbocycles. The number of ether oxygens (including phenoxy) is 3. The van der Waals surface area contributed by atoms with Crippen LogP contribution < -0.4 is 4.74 Å². The van der Waals surface area contributed by atoms with Crippen LogP contribution in [-0.4, -0.2) is 42.2 Å². The molecule has 2 heterocycles. The number of para-hydroxylation sites is 1. The third-order valence-corrected chi connectivity index (χ3v) is 11.9. The van der Waals surface area contributed by atoms with Gasteiger partial charge in [0.2, 0.25) is 0 Å². The number of nitrogens with zero attached hydrogens (tertiary/aromatic N) is 1. The van der Waals surface area contributed by atoms with E-state index in [-0.39, 0.29) is 29.0 Å². The van der Waals surface area contributed by atoms with Gasteiger partial charge in [-0.25, -0.2) is 4.39 Å². The summed E-state index contributed by atoms with van der Waals surface area (Å²) in [6.07, 6.45) is 1.44. The molecule has 2 aliphatic heterocycles. The molecule has 4 atom stereocenters. The van der Waals surface area contributed by atoms with Crippen LogP contribution in [-0.2, 0) is 31.0 Å². The molecule has 1 fully saturated rings. The highest BCUT2D eigenvalue weighted by Gasteiger charge is 2.62. The third kappa shape index (κ3) is 6.64. The highest BCUT2D eigenvalue weighted by Crippen LogP contribution is 2.56. The summed E-state index contributed by atoms with van der Waals surface area (Å²) < 4.78 is 35.7. The second-order valence-corrected chi connectivity index (χ2v) is 15.2. The fourth-order valence-electron chi connectivity index (χ4n) is 8.50. The van der Waals surface area contributed by atoms with Crippen LogP contribution in [0.3, 0.4) is 0 Å². The first kappa shape index (κ1) is 38.7. The Bertz CT molecular complexity index is 2160. The van der Waals surface area contributed by atoms with Crippen molar-refractivity contribution >= 4 is 35.1 Å². The number of carbonyl (C=O) groups is 2. The van der Waals surface area contributed by atoms with Gasteiger partial charge >= 0.3 is 5.97 Å². The molecular weight excluding hydrogens is 740 g/mol. The molecule has 10 heteroatoms. The fraction of sp³-hybridized carbons (Fsp3) is 0.289. The standard InChI is InChI=1S/C45H42Cl2FNO6/c1-4-44(52,31-23-25-54-26-24-31)33-27-37-39(38(48)28-33)45(53-3,32-17-21-35(47)22-18-32)49(41(37)50)40(29-15-19-34(46)20-16-29)43(2,30-11-7-5-8-12-30)42(51)55-36-13-9-6-10-14-36/h5-22,27-28,31,40,52H,4,23-26H2,1-3H3/t40-,43-,44-,45+/m0/s1. The van der Waals surface area contributed by atoms with Crippen LogP contribution in [0.1, 0.15) is 77.3 Å². The van der Waals surface area contributed by atoms with Gasteiger partial charge in [-0.05, 0) is 97.3 Å². The van der Waals surface area contributed by atoms with E-state index < -0.39 is 40.5 Å². The average molecular weight is 783 g/mol. The number of carbonyl (C=O) groups excluding carboxylic acids is 2. The van der Waals surface area contributed by atoms with E-state index in [1.165, 1.54) is 18.1 Å². The van der Waals surface area contributed by atoms with E-state index in [1.807, 2.05) is 19.1 Å². The lowest BCUT2D eigenvalue weighted by Gasteiger charge is -2.48. The zero-order chi connectivity index (χ0) is 39.0. The first-order valence-corrected chi connectivity index (χ1v) is 19.1. The Morgan fingerprint density at radius 3 is 2.07 bits per heavy atom. The number of hydrogen-bond acceptors (Lipinski definition) is 6. The van der Waals surface area contributed by atoms with Crippen molar-refractivity contribution in [3.8, 4) is 5.75 Å². The molecule has 0 spiro atoms. The number of methoxy groups -OCH3 is 1. The van der Waals surface area contributed by atoms with Crippen molar-refractivity contribution in [1.82, 2.24) is 4.90 Å². The van der Waals surface area contributed by atoms with E-state index in [2.05, 4.69) is 0 Å². The minimum atomic E-state index is -1.95. The Morgan fingerprint density at radius 2 is 1.49 bits per heavy atom. The van der Waals surface area contributed by atoms with Gasteiger partial charge in [-0.3, -0.25) is 14.5 Å². The molecule has 0 bridgehead atoms. The van der Waals surface area contributed by atoms with Gasteiger partial charge in [-0.15, -0.1) is 0 Å². The minimum absolute atomic E-state index is 0.00321. The molecular formula is C45H42Cl2FNO6. The first-order chi connectivity index (χ1) is 26.5. The van der Waals surface area contributed by atoms with Gasteiger partial charge in [0.1, 0.15) is 17.0 Å². The highest BCUT2D eigenvalue weighted by molar-refractivity contribution is 6.30. The summed E-state index contributed by atoms with van der Waals surface area (Å²) in [5.41, 5.74) is -3.41. The van der Waals surface area contributed by atoms with Crippen LogP contribution in [0.15, 0.2) is 121 Å². The van der Waals surface area contributed by atoms with Gasteiger partial charge in [-0.2, -0.15) is 0 Å². The summed E-state index contributed by atoms with van der Waals surface area (Å²) in [6, 6.07) is 32.9. The van der Waals surface area contributed by atoms with Crippen LogP contribution >= 0.6 is 23.2 Å². The number of aliphatic hydroxyl groups is 1. The summed E-state index contributed by atoms with van der Waals surface area (Å²) in [7, 11) is 1.41. The van der Waals surface area contributed by atoms with Gasteiger partial charge in [0, 0.05) is 35.9 Å².